The van der Waals surface area contributed by atoms with Crippen molar-refractivity contribution in [3.05, 3.63) is 83.0 Å². The fraction of sp³-hybridized carbons (Fsp3) is 0.115. The van der Waals surface area contributed by atoms with E-state index in [1.807, 2.05) is 6.07 Å². The number of pyridine rings is 1. The van der Waals surface area contributed by atoms with Crippen LogP contribution in [0.5, 0.6) is 11.5 Å². The van der Waals surface area contributed by atoms with Gasteiger partial charge in [-0.25, -0.2) is 14.0 Å². The molecule has 1 atom stereocenters. The number of aromatic amines is 1. The van der Waals surface area contributed by atoms with Crippen LogP contribution >= 0.6 is 11.6 Å². The van der Waals surface area contributed by atoms with E-state index in [9.17, 15) is 23.6 Å². The number of nitrogens with one attached hydrogen (secondary N) is 4. The van der Waals surface area contributed by atoms with Gasteiger partial charge in [0.2, 0.25) is 0 Å². The lowest BCUT2D eigenvalue weighted by Crippen LogP contribution is -2.40. The van der Waals surface area contributed by atoms with E-state index < -0.39 is 35.7 Å². The van der Waals surface area contributed by atoms with E-state index in [1.54, 1.807) is 18.3 Å². The summed E-state index contributed by atoms with van der Waals surface area (Å²) in [6.45, 7) is 0. The maximum absolute atomic E-state index is 14.8. The number of para-hydroxylation sites is 1. The molecule has 13 heteroatoms. The Labute approximate surface area is 225 Å². The number of fused-ring (bicyclic) bond motifs is 1. The molecule has 198 valence electrons. The van der Waals surface area contributed by atoms with Gasteiger partial charge in [-0.2, -0.15) is 4.90 Å². The van der Waals surface area contributed by atoms with Crippen molar-refractivity contribution in [2.45, 2.75) is 12.5 Å². The average molecular weight is 551 g/mol. The van der Waals surface area contributed by atoms with Crippen LogP contribution in [-0.4, -0.2) is 51.8 Å². The lowest BCUT2D eigenvalue weighted by molar-refractivity contribution is -0.125. The lowest BCUT2D eigenvalue weighted by atomic mass is 10.1. The zero-order valence-corrected chi connectivity index (χ0v) is 21.0. The van der Waals surface area contributed by atoms with Gasteiger partial charge in [-0.05, 0) is 29.8 Å². The van der Waals surface area contributed by atoms with E-state index in [0.717, 1.165) is 17.0 Å². The molecule has 2 aromatic heterocycles. The molecule has 1 aliphatic heterocycles. The van der Waals surface area contributed by atoms with E-state index in [-0.39, 0.29) is 29.3 Å². The molecule has 4 N–H and O–H groups in total. The second-order valence-electron chi connectivity index (χ2n) is 8.49. The summed E-state index contributed by atoms with van der Waals surface area (Å²) in [5, 5.41) is 8.46. The van der Waals surface area contributed by atoms with E-state index in [4.69, 9.17) is 16.3 Å². The quantitative estimate of drug-likeness (QED) is 0.265. The molecule has 6 amide bonds. The Hall–Kier alpha value is -4.97. The third-order valence-corrected chi connectivity index (χ3v) is 6.32. The molecule has 0 saturated carbocycles. The minimum Gasteiger partial charge on any atom is -0.457 e. The highest BCUT2D eigenvalue weighted by Gasteiger charge is 2.42. The van der Waals surface area contributed by atoms with Gasteiger partial charge >= 0.3 is 12.1 Å². The molecule has 3 heterocycles. The van der Waals surface area contributed by atoms with E-state index >= 15 is 0 Å². The van der Waals surface area contributed by atoms with E-state index in [1.165, 1.54) is 37.5 Å². The van der Waals surface area contributed by atoms with Gasteiger partial charge in [-0.15, -0.1) is 0 Å². The first kappa shape index (κ1) is 25.7. The molecule has 4 aromatic rings. The molecule has 1 saturated heterocycles. The summed E-state index contributed by atoms with van der Waals surface area (Å²) >= 11 is 6.18. The Bertz CT molecular complexity index is 1640. The fourth-order valence-electron chi connectivity index (χ4n) is 4.12. The number of benzene rings is 2. The zero-order valence-electron chi connectivity index (χ0n) is 20.2. The molecular weight excluding hydrogens is 531 g/mol. The Kier molecular flexibility index (Phi) is 6.86. The summed E-state index contributed by atoms with van der Waals surface area (Å²) in [6.07, 6.45) is 3.17. The predicted molar refractivity (Wildman–Crippen MR) is 139 cm³/mol. The fourth-order valence-corrected chi connectivity index (χ4v) is 4.35. The van der Waals surface area contributed by atoms with Crippen molar-refractivity contribution in [1.82, 2.24) is 25.5 Å². The molecule has 1 aliphatic rings. The number of anilines is 1. The molecule has 11 nitrogen and oxygen atoms in total. The molecule has 0 spiro atoms. The molecule has 0 bridgehead atoms. The number of halogens is 2. The number of hydrogen-bond donors (Lipinski definition) is 4. The highest BCUT2D eigenvalue weighted by Crippen LogP contribution is 2.28. The smallest absolute Gasteiger partial charge is 0.337 e. The minimum atomic E-state index is -1.11. The van der Waals surface area contributed by atoms with Gasteiger partial charge in [0.15, 0.2) is 0 Å². The molecule has 0 aliphatic carbocycles. The number of rotatable bonds is 6. The number of H-pyrrole nitrogens is 1. The van der Waals surface area contributed by atoms with Crippen LogP contribution in [0.1, 0.15) is 16.1 Å². The standard InChI is InChI=1S/C26H20ClFN6O5/c1-29-23(35)20-11-15(7-8-30-20)39-14-5-6-19(18(28)10-14)32-25(37)34-24(36)21(33-26(34)38)9-13-12-31-22-16(13)3-2-4-17(22)27/h2-8,10-12,21,31H,9H2,1H3,(H,29,35)(H,32,37)(H,33,38). The second-order valence-corrected chi connectivity index (χ2v) is 8.89. The number of nitrogens with zero attached hydrogens (tertiary/aromatic N) is 2. The van der Waals surface area contributed by atoms with Crippen LogP contribution in [0.4, 0.5) is 19.7 Å². The third-order valence-electron chi connectivity index (χ3n) is 6.01. The van der Waals surface area contributed by atoms with Crippen LogP contribution in [0.25, 0.3) is 10.9 Å². The SMILES string of the molecule is CNC(=O)c1cc(Oc2ccc(NC(=O)N3C(=O)NC(Cc4c[nH]c5c(Cl)cccc45)C3=O)c(F)c2)ccn1. The van der Waals surface area contributed by atoms with Crippen LogP contribution in [0.3, 0.4) is 0 Å². The number of imide groups is 3. The topological polar surface area (TPSA) is 146 Å². The molecule has 1 unspecified atom stereocenters. The molecule has 0 radical (unpaired) electrons. The predicted octanol–water partition coefficient (Wildman–Crippen LogP) is 4.20. The van der Waals surface area contributed by atoms with Crippen molar-refractivity contribution >= 4 is 52.1 Å². The highest BCUT2D eigenvalue weighted by molar-refractivity contribution is 6.35. The maximum atomic E-state index is 14.8. The van der Waals surface area contributed by atoms with Crippen molar-refractivity contribution in [3.8, 4) is 11.5 Å². The van der Waals surface area contributed by atoms with Crippen LogP contribution < -0.4 is 20.7 Å². The molecule has 1 fully saturated rings. The molecular formula is C26H20ClFN6O5. The Balaban J connectivity index is 1.26. The number of urea groups is 2. The number of carbonyl (C=O) groups is 4. The zero-order chi connectivity index (χ0) is 27.7. The van der Waals surface area contributed by atoms with Crippen molar-refractivity contribution in [3.63, 3.8) is 0 Å². The van der Waals surface area contributed by atoms with Gasteiger partial charge in [-0.1, -0.05) is 23.7 Å². The maximum Gasteiger partial charge on any atom is 0.337 e. The number of amides is 6. The summed E-state index contributed by atoms with van der Waals surface area (Å²) in [6, 6.07) is 8.73. The molecule has 5 rings (SSSR count). The average Bonchev–Trinajstić information content (AvgIpc) is 3.46. The Morgan fingerprint density at radius 1 is 1.15 bits per heavy atom. The normalized spacial score (nSPS) is 14.8. The van der Waals surface area contributed by atoms with Gasteiger partial charge in [0.25, 0.3) is 11.8 Å². The molecule has 2 aromatic carbocycles. The van der Waals surface area contributed by atoms with E-state index in [0.29, 0.717) is 15.4 Å². The van der Waals surface area contributed by atoms with Crippen LogP contribution in [0.2, 0.25) is 5.02 Å². The monoisotopic (exact) mass is 550 g/mol. The third kappa shape index (κ3) is 5.09. The summed E-state index contributed by atoms with van der Waals surface area (Å²) in [5.74, 6) is -1.76. The minimum absolute atomic E-state index is 0.0773. The van der Waals surface area contributed by atoms with Crippen molar-refractivity contribution < 1.29 is 28.3 Å². The lowest BCUT2D eigenvalue weighted by Gasteiger charge is -2.14. The number of hydrogen-bond acceptors (Lipinski definition) is 6. The van der Waals surface area contributed by atoms with Gasteiger partial charge in [0.05, 0.1) is 16.2 Å². The number of aromatic nitrogens is 2. The van der Waals surface area contributed by atoms with Crippen LogP contribution in [-0.2, 0) is 11.2 Å². The first-order valence-corrected chi connectivity index (χ1v) is 12.0. The Morgan fingerprint density at radius 2 is 1.95 bits per heavy atom. The van der Waals surface area contributed by atoms with Gasteiger partial charge < -0.3 is 25.7 Å². The van der Waals surface area contributed by atoms with Crippen molar-refractivity contribution in [2.75, 3.05) is 12.4 Å². The number of ether oxygens (including phenoxy) is 1. The van der Waals surface area contributed by atoms with Crippen molar-refractivity contribution in [2.24, 2.45) is 0 Å². The summed E-state index contributed by atoms with van der Waals surface area (Å²) in [5.41, 5.74) is 1.26. The summed E-state index contributed by atoms with van der Waals surface area (Å²) < 4.78 is 20.4. The second kappa shape index (κ2) is 10.4. The van der Waals surface area contributed by atoms with Crippen LogP contribution in [0, 0.1) is 5.82 Å². The summed E-state index contributed by atoms with van der Waals surface area (Å²) in [7, 11) is 1.46. The van der Waals surface area contributed by atoms with Crippen molar-refractivity contribution in [1.29, 1.82) is 0 Å². The van der Waals surface area contributed by atoms with Gasteiger partial charge in [0, 0.05) is 43.4 Å². The first-order valence-electron chi connectivity index (χ1n) is 11.6. The number of carbonyl (C=O) groups excluding carboxylic acids is 4. The van der Waals surface area contributed by atoms with Crippen LogP contribution in [0.15, 0.2) is 60.9 Å². The first-order chi connectivity index (χ1) is 18.7. The highest BCUT2D eigenvalue weighted by atomic mass is 35.5. The summed E-state index contributed by atoms with van der Waals surface area (Å²) in [4.78, 5) is 57.3. The largest absolute Gasteiger partial charge is 0.457 e. The van der Waals surface area contributed by atoms with Gasteiger partial charge in [-0.3, -0.25) is 14.6 Å². The van der Waals surface area contributed by atoms with Gasteiger partial charge in [0.1, 0.15) is 29.1 Å². The Morgan fingerprint density at radius 3 is 2.72 bits per heavy atom. The molecule has 39 heavy (non-hydrogen) atoms. The van der Waals surface area contributed by atoms with E-state index in [2.05, 4.69) is 25.9 Å².